The molecule has 1 aromatic heterocycles. The number of hydrogen-bond acceptors (Lipinski definition) is 4. The molecule has 0 bridgehead atoms. The Labute approximate surface area is 149 Å². The summed E-state index contributed by atoms with van der Waals surface area (Å²) in [5, 5.41) is 10.4. The van der Waals surface area contributed by atoms with Crippen molar-refractivity contribution in [3.05, 3.63) is 23.7 Å². The molecule has 0 saturated carbocycles. The van der Waals surface area contributed by atoms with Gasteiger partial charge in [0.2, 0.25) is 5.91 Å². The molecule has 1 aromatic rings. The van der Waals surface area contributed by atoms with Crippen LogP contribution in [-0.2, 0) is 16.1 Å². The first-order chi connectivity index (χ1) is 12.1. The van der Waals surface area contributed by atoms with E-state index in [0.29, 0.717) is 6.42 Å². The number of carboxylic acids is 1. The third-order valence-corrected chi connectivity index (χ3v) is 4.69. The van der Waals surface area contributed by atoms with Crippen LogP contribution in [0, 0.1) is 6.92 Å². The number of hydrogen-bond donors (Lipinski definition) is 2. The minimum absolute atomic E-state index is 0.0882. The molecule has 0 radical (unpaired) electrons. The van der Waals surface area contributed by atoms with Gasteiger partial charge in [-0.3, -0.25) is 9.69 Å². The van der Waals surface area contributed by atoms with Crippen LogP contribution in [0.1, 0.15) is 43.6 Å². The predicted octanol–water partition coefficient (Wildman–Crippen LogP) is 2.86. The fraction of sp³-hybridized carbons (Fsp3) is 0.647. The summed E-state index contributed by atoms with van der Waals surface area (Å²) in [7, 11) is 0. The van der Waals surface area contributed by atoms with E-state index in [4.69, 9.17) is 14.3 Å². The van der Waals surface area contributed by atoms with Crippen molar-refractivity contribution in [2.45, 2.75) is 57.3 Å². The maximum atomic E-state index is 11.6. The van der Waals surface area contributed by atoms with Gasteiger partial charge in [0.25, 0.3) is 0 Å². The van der Waals surface area contributed by atoms with Crippen molar-refractivity contribution in [3.8, 4) is 0 Å². The number of amides is 1. The molecule has 0 aliphatic carbocycles. The van der Waals surface area contributed by atoms with Gasteiger partial charge in [-0.05, 0) is 44.7 Å². The normalized spacial score (nSPS) is 20.2. The fourth-order valence-electron chi connectivity index (χ4n) is 3.31. The second kappa shape index (κ2) is 8.11. The summed E-state index contributed by atoms with van der Waals surface area (Å²) in [5.41, 5.74) is 0.0882. The Balaban J connectivity index is 0.000000298. The van der Waals surface area contributed by atoms with Crippen LogP contribution < -0.4 is 5.32 Å². The number of carbonyl (C=O) groups excluding carboxylic acids is 1. The predicted molar refractivity (Wildman–Crippen MR) is 86.4 cm³/mol. The lowest BCUT2D eigenvalue weighted by atomic mass is 9.80. The molecule has 2 aliphatic heterocycles. The number of aliphatic carboxylic acids is 1. The number of piperidine rings is 2. The highest BCUT2D eigenvalue weighted by Crippen LogP contribution is 2.31. The fourth-order valence-corrected chi connectivity index (χ4v) is 3.31. The van der Waals surface area contributed by atoms with Gasteiger partial charge in [0.15, 0.2) is 0 Å². The van der Waals surface area contributed by atoms with E-state index in [-0.39, 0.29) is 11.4 Å². The number of aryl methyl sites for hydroxylation is 1. The number of nitrogens with zero attached hydrogens (tertiary/aromatic N) is 1. The van der Waals surface area contributed by atoms with Gasteiger partial charge in [0.1, 0.15) is 11.5 Å². The molecule has 6 nitrogen and oxygen atoms in total. The van der Waals surface area contributed by atoms with Gasteiger partial charge in [-0.25, -0.2) is 4.79 Å². The molecular formula is C17H23F3N2O4. The van der Waals surface area contributed by atoms with Crippen LogP contribution in [-0.4, -0.2) is 46.7 Å². The first-order valence-electron chi connectivity index (χ1n) is 8.48. The maximum Gasteiger partial charge on any atom is 0.490 e. The highest BCUT2D eigenvalue weighted by Gasteiger charge is 2.38. The van der Waals surface area contributed by atoms with Crippen molar-refractivity contribution in [1.29, 1.82) is 0 Å². The Morgan fingerprint density at radius 1 is 1.31 bits per heavy atom. The molecule has 2 fully saturated rings. The van der Waals surface area contributed by atoms with E-state index in [1.807, 2.05) is 13.0 Å². The number of furan rings is 1. The zero-order chi connectivity index (χ0) is 19.4. The molecule has 3 heterocycles. The second-order valence-corrected chi connectivity index (χ2v) is 6.77. The van der Waals surface area contributed by atoms with Crippen molar-refractivity contribution in [2.24, 2.45) is 0 Å². The van der Waals surface area contributed by atoms with Gasteiger partial charge < -0.3 is 14.8 Å². The third kappa shape index (κ3) is 5.76. The summed E-state index contributed by atoms with van der Waals surface area (Å²) in [6.07, 6.45) is -0.0519. The summed E-state index contributed by atoms with van der Waals surface area (Å²) >= 11 is 0. The molecule has 2 aliphatic rings. The highest BCUT2D eigenvalue weighted by molar-refractivity contribution is 5.77. The van der Waals surface area contributed by atoms with Gasteiger partial charge in [0.05, 0.1) is 6.54 Å². The van der Waals surface area contributed by atoms with Crippen molar-refractivity contribution >= 4 is 11.9 Å². The van der Waals surface area contributed by atoms with Gasteiger partial charge in [-0.2, -0.15) is 13.2 Å². The van der Waals surface area contributed by atoms with Gasteiger partial charge in [-0.1, -0.05) is 0 Å². The monoisotopic (exact) mass is 376 g/mol. The van der Waals surface area contributed by atoms with Crippen molar-refractivity contribution in [2.75, 3.05) is 13.1 Å². The van der Waals surface area contributed by atoms with Crippen LogP contribution in [0.4, 0.5) is 13.2 Å². The van der Waals surface area contributed by atoms with Crippen molar-refractivity contribution in [1.82, 2.24) is 10.2 Å². The van der Waals surface area contributed by atoms with Crippen LogP contribution in [0.3, 0.4) is 0 Å². The Morgan fingerprint density at radius 2 is 1.92 bits per heavy atom. The summed E-state index contributed by atoms with van der Waals surface area (Å²) < 4.78 is 37.4. The SMILES string of the molecule is Cc1ccc(CN2CCC3(CCCC(=O)N3)CC2)o1.O=C(O)C(F)(F)F. The smallest absolute Gasteiger partial charge is 0.475 e. The molecule has 0 aromatic carbocycles. The number of likely N-dealkylation sites (tertiary alicyclic amines) is 1. The lowest BCUT2D eigenvalue weighted by molar-refractivity contribution is -0.192. The standard InChI is InChI=1S/C15H22N2O2.C2HF3O2/c1-12-4-5-13(19-12)11-17-9-7-15(8-10-17)6-2-3-14(18)16-15;3-2(4,5)1(6)7/h4-5H,2-3,6-11H2,1H3,(H,16,18);(H,6,7). The van der Waals surface area contributed by atoms with Crippen LogP contribution in [0.2, 0.25) is 0 Å². The first kappa shape index (κ1) is 20.3. The third-order valence-electron chi connectivity index (χ3n) is 4.69. The van der Waals surface area contributed by atoms with Gasteiger partial charge >= 0.3 is 12.1 Å². The highest BCUT2D eigenvalue weighted by atomic mass is 19.4. The molecule has 0 unspecified atom stereocenters. The van der Waals surface area contributed by atoms with E-state index in [1.54, 1.807) is 0 Å². The Bertz CT molecular complexity index is 634. The van der Waals surface area contributed by atoms with Crippen LogP contribution >= 0.6 is 0 Å². The number of rotatable bonds is 2. The number of alkyl halides is 3. The van der Waals surface area contributed by atoms with E-state index in [2.05, 4.69) is 16.3 Å². The zero-order valence-corrected chi connectivity index (χ0v) is 14.6. The van der Waals surface area contributed by atoms with Crippen LogP contribution in [0.15, 0.2) is 16.5 Å². The quantitative estimate of drug-likeness (QED) is 0.829. The zero-order valence-electron chi connectivity index (χ0n) is 14.6. The average molecular weight is 376 g/mol. The second-order valence-electron chi connectivity index (χ2n) is 6.77. The van der Waals surface area contributed by atoms with Crippen LogP contribution in [0.5, 0.6) is 0 Å². The molecule has 9 heteroatoms. The van der Waals surface area contributed by atoms with Crippen LogP contribution in [0.25, 0.3) is 0 Å². The van der Waals surface area contributed by atoms with E-state index in [9.17, 15) is 18.0 Å². The molecule has 0 atom stereocenters. The average Bonchev–Trinajstić information content (AvgIpc) is 2.95. The number of carboxylic acid groups (broad SMARTS) is 1. The lowest BCUT2D eigenvalue weighted by Gasteiger charge is -2.44. The molecule has 1 amide bonds. The van der Waals surface area contributed by atoms with E-state index >= 15 is 0 Å². The molecule has 1 spiro atoms. The molecule has 26 heavy (non-hydrogen) atoms. The maximum absolute atomic E-state index is 11.6. The molecular weight excluding hydrogens is 353 g/mol. The van der Waals surface area contributed by atoms with E-state index in [1.165, 1.54) is 0 Å². The Morgan fingerprint density at radius 3 is 2.38 bits per heavy atom. The van der Waals surface area contributed by atoms with E-state index < -0.39 is 12.1 Å². The minimum atomic E-state index is -5.08. The molecule has 2 N–H and O–H groups in total. The van der Waals surface area contributed by atoms with Gasteiger partial charge in [-0.15, -0.1) is 0 Å². The Kier molecular flexibility index (Phi) is 6.33. The first-order valence-corrected chi connectivity index (χ1v) is 8.48. The van der Waals surface area contributed by atoms with Crippen molar-refractivity contribution < 1.29 is 32.3 Å². The summed E-state index contributed by atoms with van der Waals surface area (Å²) in [6.45, 7) is 4.95. The lowest BCUT2D eigenvalue weighted by Crippen LogP contribution is -2.57. The molecule has 3 rings (SSSR count). The summed E-state index contributed by atoms with van der Waals surface area (Å²) in [5.74, 6) is -0.502. The largest absolute Gasteiger partial charge is 0.490 e. The number of nitrogens with one attached hydrogen (secondary N) is 1. The Hall–Kier alpha value is -2.03. The summed E-state index contributed by atoms with van der Waals surface area (Å²) in [4.78, 5) is 22.9. The number of halogens is 3. The summed E-state index contributed by atoms with van der Waals surface area (Å²) in [6, 6.07) is 4.07. The van der Waals surface area contributed by atoms with E-state index in [0.717, 1.165) is 56.8 Å². The topological polar surface area (TPSA) is 82.8 Å². The molecule has 146 valence electrons. The minimum Gasteiger partial charge on any atom is -0.475 e. The number of carbonyl (C=O) groups is 2. The van der Waals surface area contributed by atoms with Gasteiger partial charge in [0, 0.05) is 25.0 Å². The molecule has 2 saturated heterocycles. The van der Waals surface area contributed by atoms with Crippen molar-refractivity contribution in [3.63, 3.8) is 0 Å².